The van der Waals surface area contributed by atoms with Gasteiger partial charge in [0.25, 0.3) is 0 Å². The van der Waals surface area contributed by atoms with Crippen LogP contribution >= 0.6 is 0 Å². The Kier molecular flexibility index (Phi) is 5.83. The number of hydrogen-bond donors (Lipinski definition) is 2. The van der Waals surface area contributed by atoms with Crippen molar-refractivity contribution >= 4 is 5.91 Å². The second kappa shape index (κ2) is 6.08. The van der Waals surface area contributed by atoms with Crippen LogP contribution in [0.15, 0.2) is 0 Å². The van der Waals surface area contributed by atoms with E-state index in [4.69, 9.17) is 10.8 Å². The van der Waals surface area contributed by atoms with Gasteiger partial charge in [-0.05, 0) is 20.3 Å². The van der Waals surface area contributed by atoms with Crippen molar-refractivity contribution in [2.45, 2.75) is 51.6 Å². The molecule has 90 valence electrons. The number of hydrogen-bond acceptors (Lipinski definition) is 3. The SMILES string of the molecule is CCCC[C@H](N)C(=O)N(C)C(C)(C)CO. The fraction of sp³-hybridized carbons (Fsp3) is 0.909. The van der Waals surface area contributed by atoms with Crippen LogP contribution in [0.2, 0.25) is 0 Å². The van der Waals surface area contributed by atoms with E-state index in [-0.39, 0.29) is 12.5 Å². The number of amides is 1. The Balaban J connectivity index is 4.31. The van der Waals surface area contributed by atoms with E-state index >= 15 is 0 Å². The Labute approximate surface area is 92.4 Å². The van der Waals surface area contributed by atoms with E-state index in [0.717, 1.165) is 12.8 Å². The second-order valence-electron chi connectivity index (χ2n) is 4.62. The molecular formula is C11H24N2O2. The highest BCUT2D eigenvalue weighted by Crippen LogP contribution is 2.13. The molecule has 0 bridgehead atoms. The van der Waals surface area contributed by atoms with Gasteiger partial charge in [-0.15, -0.1) is 0 Å². The summed E-state index contributed by atoms with van der Waals surface area (Å²) in [6, 6.07) is -0.444. The molecule has 1 atom stereocenters. The van der Waals surface area contributed by atoms with Crippen LogP contribution in [0, 0.1) is 0 Å². The highest BCUT2D eigenvalue weighted by atomic mass is 16.3. The van der Waals surface area contributed by atoms with E-state index in [0.29, 0.717) is 6.42 Å². The van der Waals surface area contributed by atoms with Crippen LogP contribution in [0.4, 0.5) is 0 Å². The molecule has 0 aliphatic heterocycles. The van der Waals surface area contributed by atoms with Crippen molar-refractivity contribution < 1.29 is 9.90 Å². The lowest BCUT2D eigenvalue weighted by Crippen LogP contribution is -2.53. The Morgan fingerprint density at radius 1 is 1.53 bits per heavy atom. The molecule has 0 saturated carbocycles. The molecule has 1 amide bonds. The highest BCUT2D eigenvalue weighted by Gasteiger charge is 2.29. The predicted molar refractivity (Wildman–Crippen MR) is 61.4 cm³/mol. The van der Waals surface area contributed by atoms with Gasteiger partial charge in [-0.2, -0.15) is 0 Å². The van der Waals surface area contributed by atoms with Crippen LogP contribution in [0.5, 0.6) is 0 Å². The first-order valence-corrected chi connectivity index (χ1v) is 5.51. The maximum absolute atomic E-state index is 11.8. The molecule has 4 nitrogen and oxygen atoms in total. The molecule has 0 spiro atoms. The summed E-state index contributed by atoms with van der Waals surface area (Å²) in [6.45, 7) is 5.64. The molecule has 0 aromatic rings. The van der Waals surface area contributed by atoms with Crippen molar-refractivity contribution in [1.82, 2.24) is 4.90 Å². The Hall–Kier alpha value is -0.610. The van der Waals surface area contributed by atoms with E-state index in [1.807, 2.05) is 13.8 Å². The van der Waals surface area contributed by atoms with Gasteiger partial charge in [0.05, 0.1) is 18.2 Å². The lowest BCUT2D eigenvalue weighted by Gasteiger charge is -2.35. The number of nitrogens with two attached hydrogens (primary N) is 1. The number of rotatable bonds is 6. The van der Waals surface area contributed by atoms with E-state index < -0.39 is 11.6 Å². The van der Waals surface area contributed by atoms with E-state index in [1.165, 1.54) is 4.90 Å². The molecule has 0 heterocycles. The minimum atomic E-state index is -0.541. The zero-order valence-electron chi connectivity index (χ0n) is 10.3. The first-order chi connectivity index (χ1) is 6.86. The highest BCUT2D eigenvalue weighted by molar-refractivity contribution is 5.82. The third-order valence-electron chi connectivity index (χ3n) is 2.81. The molecular weight excluding hydrogens is 192 g/mol. The van der Waals surface area contributed by atoms with Gasteiger partial charge in [0, 0.05) is 7.05 Å². The van der Waals surface area contributed by atoms with Gasteiger partial charge in [-0.25, -0.2) is 0 Å². The van der Waals surface area contributed by atoms with Crippen LogP contribution in [0.3, 0.4) is 0 Å². The third kappa shape index (κ3) is 4.18. The molecule has 0 saturated heterocycles. The topological polar surface area (TPSA) is 66.6 Å². The van der Waals surface area contributed by atoms with Crippen LogP contribution < -0.4 is 5.73 Å². The van der Waals surface area contributed by atoms with Crippen molar-refractivity contribution in [3.05, 3.63) is 0 Å². The number of carbonyl (C=O) groups is 1. The number of carbonyl (C=O) groups excluding carboxylic acids is 1. The summed E-state index contributed by atoms with van der Waals surface area (Å²) in [5.74, 6) is -0.0949. The van der Waals surface area contributed by atoms with Crippen molar-refractivity contribution in [1.29, 1.82) is 0 Å². The molecule has 0 aromatic carbocycles. The standard InChI is InChI=1S/C11H24N2O2/c1-5-6-7-9(12)10(15)13(4)11(2,3)8-14/h9,14H,5-8,12H2,1-4H3/t9-/m0/s1. The van der Waals surface area contributed by atoms with Crippen molar-refractivity contribution in [2.24, 2.45) is 5.73 Å². The summed E-state index contributed by atoms with van der Waals surface area (Å²) in [6.07, 6.45) is 2.70. The van der Waals surface area contributed by atoms with Crippen molar-refractivity contribution in [2.75, 3.05) is 13.7 Å². The van der Waals surface area contributed by atoms with Gasteiger partial charge in [-0.3, -0.25) is 4.79 Å². The molecule has 0 aromatic heterocycles. The summed E-state index contributed by atoms with van der Waals surface area (Å²) < 4.78 is 0. The maximum atomic E-state index is 11.8. The molecule has 0 aliphatic carbocycles. The second-order valence-corrected chi connectivity index (χ2v) is 4.62. The van der Waals surface area contributed by atoms with Gasteiger partial charge in [0.15, 0.2) is 0 Å². The zero-order chi connectivity index (χ0) is 12.1. The Morgan fingerprint density at radius 3 is 2.47 bits per heavy atom. The van der Waals surface area contributed by atoms with Gasteiger partial charge in [-0.1, -0.05) is 19.8 Å². The fourth-order valence-electron chi connectivity index (χ4n) is 1.20. The van der Waals surface area contributed by atoms with Crippen LogP contribution in [0.25, 0.3) is 0 Å². The number of nitrogens with zero attached hydrogens (tertiary/aromatic N) is 1. The molecule has 15 heavy (non-hydrogen) atoms. The largest absolute Gasteiger partial charge is 0.394 e. The van der Waals surface area contributed by atoms with Crippen molar-refractivity contribution in [3.63, 3.8) is 0 Å². The number of likely N-dealkylation sites (N-methyl/N-ethyl adjacent to an activating group) is 1. The zero-order valence-corrected chi connectivity index (χ0v) is 10.3. The molecule has 0 rings (SSSR count). The summed E-state index contributed by atoms with van der Waals surface area (Å²) in [5.41, 5.74) is 5.24. The minimum absolute atomic E-state index is 0.0598. The predicted octanol–water partition coefficient (Wildman–Crippen LogP) is 0.733. The molecule has 0 unspecified atom stereocenters. The number of unbranched alkanes of at least 4 members (excludes halogenated alkanes) is 1. The lowest BCUT2D eigenvalue weighted by molar-refractivity contribution is -0.137. The van der Waals surface area contributed by atoms with Crippen LogP contribution in [-0.4, -0.2) is 41.1 Å². The number of aliphatic hydroxyl groups excluding tert-OH is 1. The first kappa shape index (κ1) is 14.4. The number of aliphatic hydroxyl groups is 1. The van der Waals surface area contributed by atoms with Gasteiger partial charge < -0.3 is 15.7 Å². The molecule has 0 fully saturated rings. The summed E-state index contributed by atoms with van der Waals surface area (Å²) in [5, 5.41) is 9.14. The van der Waals surface area contributed by atoms with Gasteiger partial charge in [0.2, 0.25) is 5.91 Å². The lowest BCUT2D eigenvalue weighted by atomic mass is 10.0. The Morgan fingerprint density at radius 2 is 2.07 bits per heavy atom. The van der Waals surface area contributed by atoms with Gasteiger partial charge >= 0.3 is 0 Å². The monoisotopic (exact) mass is 216 g/mol. The average molecular weight is 216 g/mol. The van der Waals surface area contributed by atoms with Crippen LogP contribution in [0.1, 0.15) is 40.0 Å². The van der Waals surface area contributed by atoms with E-state index in [9.17, 15) is 4.79 Å². The van der Waals surface area contributed by atoms with E-state index in [1.54, 1.807) is 7.05 Å². The summed E-state index contributed by atoms with van der Waals surface area (Å²) in [7, 11) is 1.68. The molecule has 0 radical (unpaired) electrons. The van der Waals surface area contributed by atoms with Crippen molar-refractivity contribution in [3.8, 4) is 0 Å². The quantitative estimate of drug-likeness (QED) is 0.688. The average Bonchev–Trinajstić information content (AvgIpc) is 2.23. The van der Waals surface area contributed by atoms with E-state index in [2.05, 4.69) is 6.92 Å². The fourth-order valence-corrected chi connectivity index (χ4v) is 1.20. The third-order valence-corrected chi connectivity index (χ3v) is 2.81. The van der Waals surface area contributed by atoms with Gasteiger partial charge in [0.1, 0.15) is 0 Å². The smallest absolute Gasteiger partial charge is 0.239 e. The Bertz CT molecular complexity index is 205. The first-order valence-electron chi connectivity index (χ1n) is 5.51. The molecule has 4 heteroatoms. The molecule has 0 aliphatic rings. The summed E-state index contributed by atoms with van der Waals surface area (Å²) in [4.78, 5) is 13.4. The minimum Gasteiger partial charge on any atom is -0.394 e. The summed E-state index contributed by atoms with van der Waals surface area (Å²) >= 11 is 0. The normalized spacial score (nSPS) is 13.7. The van der Waals surface area contributed by atoms with Crippen LogP contribution in [-0.2, 0) is 4.79 Å². The molecule has 3 N–H and O–H groups in total. The maximum Gasteiger partial charge on any atom is 0.239 e.